The van der Waals surface area contributed by atoms with Gasteiger partial charge in [-0.3, -0.25) is 0 Å². The third-order valence-corrected chi connectivity index (χ3v) is 0. The van der Waals surface area contributed by atoms with Crippen molar-refractivity contribution in [1.29, 1.82) is 0 Å². The molecular weight excluding hydrogens is 230 g/mol. The van der Waals surface area contributed by atoms with E-state index in [-0.39, 0.29) is 5.48 Å². The van der Waals surface area contributed by atoms with Crippen molar-refractivity contribution in [3.05, 3.63) is 0 Å². The first-order valence-electron chi connectivity index (χ1n) is 0.289. The normalized spacial score (nSPS) is 3.00. The van der Waals surface area contributed by atoms with Gasteiger partial charge in [0.25, 0.3) is 0 Å². The van der Waals surface area contributed by atoms with E-state index in [9.17, 15) is 0 Å². The van der Waals surface area contributed by atoms with Gasteiger partial charge in [-0.05, 0) is 0 Å². The Labute approximate surface area is 43.0 Å². The molecule has 26 valence electrons. The van der Waals surface area contributed by atoms with E-state index in [4.69, 9.17) is 0 Å². The van der Waals surface area contributed by atoms with Crippen LogP contribution >= 0.6 is 0 Å². The molecule has 0 heterocycles. The molecule has 0 rings (SSSR count). The predicted octanol–water partition coefficient (Wildman–Crippen LogP) is -0.883. The second-order valence-corrected chi connectivity index (χ2v) is 6.56. The van der Waals surface area contributed by atoms with Crippen LogP contribution in [0.25, 0.3) is 0 Å². The van der Waals surface area contributed by atoms with Gasteiger partial charge in [0.2, 0.25) is 0 Å². The molecule has 0 aromatic rings. The van der Waals surface area contributed by atoms with Crippen molar-refractivity contribution in [1.82, 2.24) is 0 Å². The van der Waals surface area contributed by atoms with Crippen LogP contribution in [0, 0.1) is 0 Å². The van der Waals surface area contributed by atoms with Gasteiger partial charge >= 0.3 is 37.5 Å². The van der Waals surface area contributed by atoms with Crippen LogP contribution < -0.4 is 0 Å². The Hall–Kier alpha value is 1.52. The number of hydrogen-bond donors (Lipinski definition) is 0. The van der Waals surface area contributed by atoms with Crippen molar-refractivity contribution in [3.63, 3.8) is 0 Å². The first-order chi connectivity index (χ1) is 1.41. The van der Waals surface area contributed by atoms with Gasteiger partial charge in [-0.15, -0.1) is 0 Å². The van der Waals surface area contributed by atoms with Crippen molar-refractivity contribution in [2.24, 2.45) is 0 Å². The summed E-state index contributed by atoms with van der Waals surface area (Å²) in [7, 11) is 1.00. The van der Waals surface area contributed by atoms with Crippen LogP contribution in [0.5, 0.6) is 0 Å². The Balaban J connectivity index is 0. The van der Waals surface area contributed by atoms with Crippen molar-refractivity contribution in [2.75, 3.05) is 0 Å². The van der Waals surface area contributed by atoms with Crippen LogP contribution in [-0.4, -0.2) is 27.3 Å². The molecule has 0 saturated heterocycles. The maximum atomic E-state index is 2.75. The summed E-state index contributed by atoms with van der Waals surface area (Å²) in [5, 5.41) is 0. The van der Waals surface area contributed by atoms with E-state index in [0.717, 1.165) is 10.2 Å². The molecule has 0 unspecified atom stereocenters. The third kappa shape index (κ3) is 9.68. The average Bonchev–Trinajstić information content (AvgIpc) is 0.918. The Morgan fingerprint density at radius 2 is 1.25 bits per heavy atom. The summed E-state index contributed by atoms with van der Waals surface area (Å²) in [5.74, 6) is 0. The van der Waals surface area contributed by atoms with Crippen molar-refractivity contribution in [2.45, 2.75) is 0 Å². The molecular formula is FeOSe2. The van der Waals surface area contributed by atoms with E-state index in [2.05, 4.69) is 27.3 Å². The predicted molar refractivity (Wildman–Crippen MR) is 12.2 cm³/mol. The molecule has 0 aromatic carbocycles. The van der Waals surface area contributed by atoms with Gasteiger partial charge in [-0.2, -0.15) is 0 Å². The van der Waals surface area contributed by atoms with E-state index >= 15 is 0 Å². The van der Waals surface area contributed by atoms with E-state index in [1.807, 2.05) is 0 Å². The second-order valence-electron chi connectivity index (χ2n) is 0.0589. The first-order valence-corrected chi connectivity index (χ1v) is 6.18. The summed E-state index contributed by atoms with van der Waals surface area (Å²) in [5.41, 5.74) is 0. The molecule has 0 amide bonds. The van der Waals surface area contributed by atoms with Crippen molar-refractivity contribution >= 4 is 27.3 Å². The van der Waals surface area contributed by atoms with E-state index in [1.54, 1.807) is 0 Å². The minimum absolute atomic E-state index is 0. The van der Waals surface area contributed by atoms with Gasteiger partial charge < -0.3 is 5.48 Å². The zero-order chi connectivity index (χ0) is 2.71. The zero-order valence-corrected chi connectivity index (χ0v) is 6.11. The minimum atomic E-state index is 0. The van der Waals surface area contributed by atoms with Crippen LogP contribution in [0.15, 0.2) is 0 Å². The van der Waals surface area contributed by atoms with Crippen LogP contribution in [0.2, 0.25) is 0 Å². The topological polar surface area (TPSA) is 28.5 Å². The quantitative estimate of drug-likeness (QED) is 0.483. The van der Waals surface area contributed by atoms with Gasteiger partial charge in [0.15, 0.2) is 0 Å². The molecule has 0 N–H and O–H groups in total. The summed E-state index contributed by atoms with van der Waals surface area (Å²) in [6, 6.07) is 0. The fourth-order valence-corrected chi connectivity index (χ4v) is 0. The van der Waals surface area contributed by atoms with Crippen LogP contribution in [-0.2, 0) is 15.7 Å². The molecule has 0 aromatic heterocycles. The van der Waals surface area contributed by atoms with Crippen LogP contribution in [0.4, 0.5) is 0 Å². The molecule has 0 bridgehead atoms. The summed E-state index contributed by atoms with van der Waals surface area (Å²) in [6.45, 7) is 0. The van der Waals surface area contributed by atoms with E-state index in [1.165, 1.54) is 0 Å². The molecule has 0 aliphatic carbocycles. The Morgan fingerprint density at radius 3 is 1.25 bits per heavy atom. The number of rotatable bonds is 0. The van der Waals surface area contributed by atoms with E-state index < -0.39 is 0 Å². The van der Waals surface area contributed by atoms with Crippen LogP contribution in [0.3, 0.4) is 0 Å². The number of hydrogen-bond acceptors (Lipinski definition) is 0. The van der Waals surface area contributed by atoms with Crippen LogP contribution in [0.1, 0.15) is 0 Å². The fourth-order valence-electron chi connectivity index (χ4n) is 0. The molecule has 1 nitrogen and oxygen atoms in total. The molecule has 0 saturated carbocycles. The van der Waals surface area contributed by atoms with Gasteiger partial charge in [0, 0.05) is 0 Å². The van der Waals surface area contributed by atoms with Gasteiger partial charge in [0.05, 0.1) is 0 Å². The fraction of sp³-hybridized carbons (Fsp3) is 0. The molecule has 4 heteroatoms. The molecule has 4 heavy (non-hydrogen) atoms. The summed E-state index contributed by atoms with van der Waals surface area (Å²) < 4.78 is 0. The first kappa shape index (κ1) is 9.10. The third-order valence-electron chi connectivity index (χ3n) is 0. The van der Waals surface area contributed by atoms with Crippen molar-refractivity contribution in [3.8, 4) is 0 Å². The standard InChI is InChI=1S/Fe.O.2Se/q+2;-2;;. The second kappa shape index (κ2) is 8.82. The van der Waals surface area contributed by atoms with Gasteiger partial charge in [-0.25, -0.2) is 0 Å². The molecule has 0 radical (unpaired) electrons. The Morgan fingerprint density at radius 1 is 1.25 bits per heavy atom. The van der Waals surface area contributed by atoms with Gasteiger partial charge in [-0.1, -0.05) is 0 Å². The molecule has 0 atom stereocenters. The SMILES string of the molecule is [O-2].[Se]=[Fe+2]=[Se]. The average molecular weight is 230 g/mol. The van der Waals surface area contributed by atoms with Gasteiger partial charge in [0.1, 0.15) is 0 Å². The monoisotopic (exact) mass is 232 g/mol. The molecule has 0 aliphatic heterocycles. The Kier molecular flexibility index (Phi) is 20.1. The molecule has 0 fully saturated rings. The summed E-state index contributed by atoms with van der Waals surface area (Å²) in [6.07, 6.45) is 0. The Bertz CT molecular complexity index is 27.0. The summed E-state index contributed by atoms with van der Waals surface area (Å²) in [4.78, 5) is 0. The summed E-state index contributed by atoms with van der Waals surface area (Å²) >= 11 is 5.50. The maximum absolute atomic E-state index is 2.75. The van der Waals surface area contributed by atoms with Crippen molar-refractivity contribution < 1.29 is 15.7 Å². The molecule has 0 aliphatic rings. The zero-order valence-electron chi connectivity index (χ0n) is 1.58. The van der Waals surface area contributed by atoms with E-state index in [0.29, 0.717) is 0 Å². The molecule has 0 spiro atoms.